The molecule has 2 unspecified atom stereocenters. The molecule has 2 saturated heterocycles. The molecule has 0 aromatic carbocycles. The summed E-state index contributed by atoms with van der Waals surface area (Å²) in [6, 6.07) is -0.672. The van der Waals surface area contributed by atoms with E-state index < -0.39 is 17.4 Å². The highest BCUT2D eigenvalue weighted by Crippen LogP contribution is 2.44. The average molecular weight is 457 g/mol. The van der Waals surface area contributed by atoms with E-state index in [1.54, 1.807) is 0 Å². The van der Waals surface area contributed by atoms with Gasteiger partial charge in [-0.2, -0.15) is 0 Å². The first-order chi connectivity index (χ1) is 13.9. The number of hydrogen-bond acceptors (Lipinski definition) is 11. The van der Waals surface area contributed by atoms with Crippen molar-refractivity contribution in [2.24, 2.45) is 5.41 Å². The zero-order valence-corrected chi connectivity index (χ0v) is 17.5. The number of fused-ring (bicyclic) bond motifs is 1. The molecule has 15 heteroatoms. The second kappa shape index (κ2) is 7.87. The van der Waals surface area contributed by atoms with E-state index in [2.05, 4.69) is 31.0 Å². The molecule has 3 atom stereocenters. The van der Waals surface area contributed by atoms with Gasteiger partial charge in [-0.25, -0.2) is 4.68 Å². The first-order valence-electron chi connectivity index (χ1n) is 8.46. The van der Waals surface area contributed by atoms with Crippen LogP contribution in [0.3, 0.4) is 0 Å². The van der Waals surface area contributed by atoms with Crippen molar-refractivity contribution in [3.63, 3.8) is 0 Å². The lowest BCUT2D eigenvalue weighted by molar-refractivity contribution is -0.157. The van der Waals surface area contributed by atoms with E-state index in [1.165, 1.54) is 50.8 Å². The van der Waals surface area contributed by atoms with Crippen LogP contribution < -0.4 is 5.32 Å². The number of rotatable bonds is 7. The Kier molecular flexibility index (Phi) is 5.44. The Hall–Kier alpha value is -2.26. The van der Waals surface area contributed by atoms with Crippen LogP contribution in [0.5, 0.6) is 0 Å². The average Bonchev–Trinajstić information content (AvgIpc) is 3.35. The lowest BCUT2D eigenvalue weighted by atomic mass is 9.89. The summed E-state index contributed by atoms with van der Waals surface area (Å²) in [6.45, 7) is 1.84. The molecular formula is C14H16N8O4S3. The van der Waals surface area contributed by atoms with Gasteiger partial charge >= 0.3 is 5.97 Å². The first-order valence-corrected chi connectivity index (χ1v) is 11.3. The molecule has 0 spiro atoms. The molecule has 2 fully saturated rings. The van der Waals surface area contributed by atoms with Crippen LogP contribution in [-0.4, -0.2) is 87.7 Å². The summed E-state index contributed by atoms with van der Waals surface area (Å²) in [5.41, 5.74) is -1.08. The van der Waals surface area contributed by atoms with E-state index in [1.807, 2.05) is 6.92 Å². The number of aryl methyl sites for hydroxylation is 1. The van der Waals surface area contributed by atoms with Gasteiger partial charge in [0.15, 0.2) is 4.34 Å². The number of carboxylic acid groups (broad SMARTS) is 1. The maximum absolute atomic E-state index is 12.6. The number of hydrogen-bond donors (Lipinski definition) is 2. The van der Waals surface area contributed by atoms with Gasteiger partial charge in [0, 0.05) is 18.1 Å². The summed E-state index contributed by atoms with van der Waals surface area (Å²) in [7, 11) is 0. The van der Waals surface area contributed by atoms with E-state index in [0.717, 1.165) is 5.01 Å². The van der Waals surface area contributed by atoms with Gasteiger partial charge in [0.1, 0.15) is 34.7 Å². The number of tetrazole rings is 1. The van der Waals surface area contributed by atoms with Crippen LogP contribution in [0.1, 0.15) is 5.01 Å². The summed E-state index contributed by atoms with van der Waals surface area (Å²) < 4.78 is 1.96. The summed E-state index contributed by atoms with van der Waals surface area (Å²) in [5, 5.41) is 31.5. The largest absolute Gasteiger partial charge is 0.481 e. The fourth-order valence-corrected chi connectivity index (χ4v) is 6.74. The molecule has 154 valence electrons. The molecule has 12 nitrogen and oxygen atoms in total. The quantitative estimate of drug-likeness (QED) is 0.393. The molecule has 4 rings (SSSR count). The molecule has 4 heterocycles. The van der Waals surface area contributed by atoms with Gasteiger partial charge in [0.2, 0.25) is 11.8 Å². The number of amides is 2. The van der Waals surface area contributed by atoms with E-state index in [-0.39, 0.29) is 36.0 Å². The minimum atomic E-state index is -1.08. The Morgan fingerprint density at radius 3 is 2.93 bits per heavy atom. The number of aliphatic carboxylic acids is 1. The fraction of sp³-hybridized carbons (Fsp3) is 0.571. The topological polar surface area (TPSA) is 156 Å². The first kappa shape index (κ1) is 20.0. The highest BCUT2D eigenvalue weighted by Gasteiger charge is 2.57. The fourth-order valence-electron chi connectivity index (χ4n) is 3.06. The molecule has 2 aromatic heterocycles. The lowest BCUT2D eigenvalue weighted by Crippen LogP contribution is -2.74. The van der Waals surface area contributed by atoms with Crippen LogP contribution in [0.4, 0.5) is 0 Å². The van der Waals surface area contributed by atoms with Gasteiger partial charge in [0.05, 0.1) is 0 Å². The number of carbonyl (C=O) groups excluding carboxylic acids is 2. The van der Waals surface area contributed by atoms with Crippen molar-refractivity contribution in [2.45, 2.75) is 29.2 Å². The molecule has 0 radical (unpaired) electrons. The van der Waals surface area contributed by atoms with Crippen LogP contribution in [-0.2, 0) is 20.9 Å². The lowest BCUT2D eigenvalue weighted by Gasteiger charge is -2.53. The maximum Gasteiger partial charge on any atom is 0.313 e. The maximum atomic E-state index is 12.6. The second-order valence-corrected chi connectivity index (χ2v) is 10.2. The molecule has 0 bridgehead atoms. The number of nitrogens with zero attached hydrogens (tertiary/aromatic N) is 7. The van der Waals surface area contributed by atoms with E-state index in [4.69, 9.17) is 0 Å². The molecule has 2 aliphatic heterocycles. The van der Waals surface area contributed by atoms with Crippen molar-refractivity contribution in [1.29, 1.82) is 0 Å². The van der Waals surface area contributed by atoms with Crippen LogP contribution in [0.2, 0.25) is 0 Å². The number of thioether (sulfide) groups is 2. The standard InChI is InChI=1S/C14H16N8O4S3/c1-7-17-18-13(29-7)28-5-14(12(25)26)3-22-10(24)9(11(22)27-4-14)16-8(23)2-21-6-15-19-20-21/h6,9,11H,2-5H2,1H3,(H,16,23)(H,25,26)/t9?,11-,14?/m1/s1. The Morgan fingerprint density at radius 2 is 2.28 bits per heavy atom. The minimum absolute atomic E-state index is 0.0921. The van der Waals surface area contributed by atoms with Gasteiger partial charge in [-0.05, 0) is 17.4 Å². The number of nitrogens with one attached hydrogen (secondary N) is 1. The van der Waals surface area contributed by atoms with Crippen molar-refractivity contribution in [2.75, 3.05) is 18.1 Å². The monoisotopic (exact) mass is 456 g/mol. The molecule has 29 heavy (non-hydrogen) atoms. The normalized spacial score (nSPS) is 26.0. The van der Waals surface area contributed by atoms with E-state index >= 15 is 0 Å². The molecule has 0 saturated carbocycles. The van der Waals surface area contributed by atoms with Crippen molar-refractivity contribution < 1.29 is 19.5 Å². The number of carboxylic acids is 1. The summed E-state index contributed by atoms with van der Waals surface area (Å²) in [4.78, 5) is 38.2. The molecule has 2 amide bonds. The third-order valence-corrected chi connectivity index (χ3v) is 8.44. The Balaban J connectivity index is 1.37. The summed E-state index contributed by atoms with van der Waals surface area (Å²) in [6.07, 6.45) is 1.31. The summed E-state index contributed by atoms with van der Waals surface area (Å²) in [5.74, 6) is -0.989. The Labute approximate surface area is 176 Å². The molecule has 0 aliphatic carbocycles. The highest BCUT2D eigenvalue weighted by atomic mass is 32.2. The number of aromatic nitrogens is 6. The van der Waals surface area contributed by atoms with Gasteiger partial charge in [-0.3, -0.25) is 14.4 Å². The zero-order valence-electron chi connectivity index (χ0n) is 15.1. The number of β-lactam (4-membered cyclic amide) rings is 1. The zero-order chi connectivity index (χ0) is 20.6. The van der Waals surface area contributed by atoms with Crippen LogP contribution >= 0.6 is 34.9 Å². The van der Waals surface area contributed by atoms with Crippen molar-refractivity contribution >= 4 is 52.6 Å². The van der Waals surface area contributed by atoms with Crippen molar-refractivity contribution in [3.8, 4) is 0 Å². The van der Waals surface area contributed by atoms with Crippen LogP contribution in [0.25, 0.3) is 0 Å². The Morgan fingerprint density at radius 1 is 1.45 bits per heavy atom. The second-order valence-electron chi connectivity index (χ2n) is 6.68. The van der Waals surface area contributed by atoms with Crippen LogP contribution in [0.15, 0.2) is 10.7 Å². The molecule has 2 N–H and O–H groups in total. The van der Waals surface area contributed by atoms with Crippen molar-refractivity contribution in [3.05, 3.63) is 11.3 Å². The smallest absolute Gasteiger partial charge is 0.313 e. The van der Waals surface area contributed by atoms with E-state index in [0.29, 0.717) is 10.1 Å². The third kappa shape index (κ3) is 3.93. The van der Waals surface area contributed by atoms with Gasteiger partial charge in [-0.15, -0.1) is 27.1 Å². The number of carbonyl (C=O) groups is 3. The summed E-state index contributed by atoms with van der Waals surface area (Å²) >= 11 is 4.11. The molecule has 2 aliphatic rings. The highest BCUT2D eigenvalue weighted by molar-refractivity contribution is 8.01. The predicted molar refractivity (Wildman–Crippen MR) is 103 cm³/mol. The molecule has 2 aromatic rings. The van der Waals surface area contributed by atoms with Gasteiger partial charge in [-0.1, -0.05) is 23.1 Å². The van der Waals surface area contributed by atoms with Crippen molar-refractivity contribution in [1.82, 2.24) is 40.6 Å². The van der Waals surface area contributed by atoms with E-state index in [9.17, 15) is 19.5 Å². The van der Waals surface area contributed by atoms with Crippen LogP contribution in [0, 0.1) is 12.3 Å². The van der Waals surface area contributed by atoms with Gasteiger partial charge < -0.3 is 15.3 Å². The molecular weight excluding hydrogens is 440 g/mol. The SMILES string of the molecule is Cc1nnc(SCC2(C(=O)O)CS[C@@H]3C(NC(=O)Cn4cnnn4)C(=O)N3C2)s1. The third-order valence-electron chi connectivity index (χ3n) is 4.59. The predicted octanol–water partition coefficient (Wildman–Crippen LogP) is -0.904. The minimum Gasteiger partial charge on any atom is -0.481 e. The Bertz CT molecular complexity index is 937. The van der Waals surface area contributed by atoms with Gasteiger partial charge in [0.25, 0.3) is 0 Å².